The lowest BCUT2D eigenvalue weighted by molar-refractivity contribution is 0.271. The first kappa shape index (κ1) is 13.4. The van der Waals surface area contributed by atoms with Gasteiger partial charge in [0, 0.05) is 12.1 Å². The van der Waals surface area contributed by atoms with Crippen LogP contribution in [0.25, 0.3) is 0 Å². The second-order valence-corrected chi connectivity index (χ2v) is 6.08. The van der Waals surface area contributed by atoms with Crippen LogP contribution in [-0.2, 0) is 0 Å². The first-order valence-electron chi connectivity index (χ1n) is 7.60. The zero-order chi connectivity index (χ0) is 13.9. The summed E-state index contributed by atoms with van der Waals surface area (Å²) in [6.07, 6.45) is 2.53. The summed E-state index contributed by atoms with van der Waals surface area (Å²) in [5, 5.41) is 3.75. The van der Waals surface area contributed by atoms with E-state index in [1.54, 1.807) is 0 Å². The maximum absolute atomic E-state index is 3.75. The minimum atomic E-state index is 0.444. The minimum absolute atomic E-state index is 0.444. The molecule has 1 heteroatoms. The number of rotatable bonds is 4. The second-order valence-electron chi connectivity index (χ2n) is 6.08. The molecule has 0 radical (unpaired) electrons. The predicted octanol–water partition coefficient (Wildman–Crippen LogP) is 4.59. The van der Waals surface area contributed by atoms with Crippen LogP contribution in [0.4, 0.5) is 0 Å². The van der Waals surface area contributed by atoms with Crippen molar-refractivity contribution in [1.29, 1.82) is 0 Å². The molecule has 0 bridgehead atoms. The summed E-state index contributed by atoms with van der Waals surface area (Å²) in [5.41, 5.74) is 4.26. The Hall–Kier alpha value is -1.60. The Kier molecular flexibility index (Phi) is 3.88. The molecule has 20 heavy (non-hydrogen) atoms. The van der Waals surface area contributed by atoms with E-state index in [0.717, 1.165) is 5.92 Å². The Balaban J connectivity index is 1.54. The molecule has 0 aliphatic heterocycles. The number of aryl methyl sites for hydroxylation is 1. The van der Waals surface area contributed by atoms with E-state index in [1.807, 2.05) is 0 Å². The molecule has 3 rings (SSSR count). The third kappa shape index (κ3) is 2.94. The van der Waals surface area contributed by atoms with Gasteiger partial charge >= 0.3 is 0 Å². The lowest BCUT2D eigenvalue weighted by Gasteiger charge is -2.38. The third-order valence-corrected chi connectivity index (χ3v) is 4.44. The van der Waals surface area contributed by atoms with E-state index in [9.17, 15) is 0 Å². The molecule has 1 aliphatic rings. The predicted molar refractivity (Wildman–Crippen MR) is 84.9 cm³/mol. The molecular weight excluding hydrogens is 242 g/mol. The van der Waals surface area contributed by atoms with Crippen LogP contribution >= 0.6 is 0 Å². The molecule has 1 aliphatic carbocycles. The van der Waals surface area contributed by atoms with Crippen molar-refractivity contribution in [3.8, 4) is 0 Å². The number of hydrogen-bond donors (Lipinski definition) is 1. The summed E-state index contributed by atoms with van der Waals surface area (Å²) < 4.78 is 0. The Morgan fingerprint density at radius 1 is 1.00 bits per heavy atom. The van der Waals surface area contributed by atoms with Crippen molar-refractivity contribution in [3.63, 3.8) is 0 Å². The van der Waals surface area contributed by atoms with Crippen molar-refractivity contribution in [3.05, 3.63) is 71.3 Å². The average molecular weight is 265 g/mol. The largest absolute Gasteiger partial charge is 0.307 e. The molecule has 0 spiro atoms. The highest BCUT2D eigenvalue weighted by Gasteiger charge is 2.30. The van der Waals surface area contributed by atoms with Gasteiger partial charge in [-0.05, 0) is 43.7 Å². The molecule has 2 aromatic rings. The molecule has 2 aromatic carbocycles. The Labute approximate surface area is 122 Å². The van der Waals surface area contributed by atoms with E-state index in [1.165, 1.54) is 29.5 Å². The van der Waals surface area contributed by atoms with Gasteiger partial charge in [0.1, 0.15) is 0 Å². The quantitative estimate of drug-likeness (QED) is 0.852. The standard InChI is InChI=1S/C19H23N/c1-14-7-6-10-17(11-14)18-12-19(13-18)20-15(2)16-8-4-3-5-9-16/h3-11,15,18-20H,12-13H2,1-2H3/t15-,18?,19?/m0/s1. The highest BCUT2D eigenvalue weighted by atomic mass is 15.0. The Bertz CT molecular complexity index is 555. The molecule has 0 saturated heterocycles. The normalized spacial score (nSPS) is 23.1. The highest BCUT2D eigenvalue weighted by Crippen LogP contribution is 2.38. The molecule has 1 fully saturated rings. The maximum Gasteiger partial charge on any atom is 0.0294 e. The molecule has 1 saturated carbocycles. The van der Waals surface area contributed by atoms with E-state index in [2.05, 4.69) is 73.8 Å². The lowest BCUT2D eigenvalue weighted by atomic mass is 9.75. The van der Waals surface area contributed by atoms with Gasteiger partial charge in [0.2, 0.25) is 0 Å². The molecule has 1 N–H and O–H groups in total. The fourth-order valence-corrected chi connectivity index (χ4v) is 3.14. The topological polar surface area (TPSA) is 12.0 Å². The van der Waals surface area contributed by atoms with Crippen molar-refractivity contribution in [2.45, 2.75) is 44.7 Å². The van der Waals surface area contributed by atoms with Crippen LogP contribution in [0.2, 0.25) is 0 Å². The van der Waals surface area contributed by atoms with Crippen LogP contribution in [0, 0.1) is 6.92 Å². The summed E-state index contributed by atoms with van der Waals surface area (Å²) in [5.74, 6) is 0.746. The third-order valence-electron chi connectivity index (χ3n) is 4.44. The van der Waals surface area contributed by atoms with Gasteiger partial charge in [0.25, 0.3) is 0 Å². The fraction of sp³-hybridized carbons (Fsp3) is 0.368. The molecule has 0 heterocycles. The monoisotopic (exact) mass is 265 g/mol. The second kappa shape index (κ2) is 5.80. The van der Waals surface area contributed by atoms with Gasteiger partial charge in [-0.2, -0.15) is 0 Å². The average Bonchev–Trinajstić information content (AvgIpc) is 2.43. The van der Waals surface area contributed by atoms with E-state index in [-0.39, 0.29) is 0 Å². The van der Waals surface area contributed by atoms with Crippen LogP contribution in [-0.4, -0.2) is 6.04 Å². The summed E-state index contributed by atoms with van der Waals surface area (Å²) in [7, 11) is 0. The Morgan fingerprint density at radius 2 is 1.75 bits per heavy atom. The number of benzene rings is 2. The number of hydrogen-bond acceptors (Lipinski definition) is 1. The van der Waals surface area contributed by atoms with E-state index >= 15 is 0 Å². The molecule has 0 unspecified atom stereocenters. The summed E-state index contributed by atoms with van der Waals surface area (Å²) in [4.78, 5) is 0. The summed E-state index contributed by atoms with van der Waals surface area (Å²) in [6, 6.07) is 20.8. The van der Waals surface area contributed by atoms with Crippen molar-refractivity contribution >= 4 is 0 Å². The maximum atomic E-state index is 3.75. The van der Waals surface area contributed by atoms with E-state index < -0.39 is 0 Å². The zero-order valence-electron chi connectivity index (χ0n) is 12.3. The van der Waals surface area contributed by atoms with Crippen LogP contribution in [0.1, 0.15) is 48.4 Å². The Morgan fingerprint density at radius 3 is 2.45 bits per heavy atom. The van der Waals surface area contributed by atoms with Crippen molar-refractivity contribution in [1.82, 2.24) is 5.32 Å². The highest BCUT2D eigenvalue weighted by molar-refractivity contribution is 5.28. The molecule has 1 atom stereocenters. The molecule has 1 nitrogen and oxygen atoms in total. The summed E-state index contributed by atoms with van der Waals surface area (Å²) in [6.45, 7) is 4.44. The molecular formula is C19H23N. The van der Waals surface area contributed by atoms with Crippen LogP contribution < -0.4 is 5.32 Å². The van der Waals surface area contributed by atoms with Gasteiger partial charge < -0.3 is 5.32 Å². The van der Waals surface area contributed by atoms with Gasteiger partial charge in [-0.1, -0.05) is 60.2 Å². The van der Waals surface area contributed by atoms with Gasteiger partial charge in [0.15, 0.2) is 0 Å². The van der Waals surface area contributed by atoms with Gasteiger partial charge in [0.05, 0.1) is 0 Å². The van der Waals surface area contributed by atoms with Crippen LogP contribution in [0.3, 0.4) is 0 Å². The zero-order valence-corrected chi connectivity index (χ0v) is 12.3. The van der Waals surface area contributed by atoms with Gasteiger partial charge in [-0.15, -0.1) is 0 Å². The van der Waals surface area contributed by atoms with Crippen LogP contribution in [0.15, 0.2) is 54.6 Å². The first-order valence-corrected chi connectivity index (χ1v) is 7.60. The van der Waals surface area contributed by atoms with E-state index in [4.69, 9.17) is 0 Å². The van der Waals surface area contributed by atoms with Crippen molar-refractivity contribution in [2.24, 2.45) is 0 Å². The first-order chi connectivity index (χ1) is 9.72. The van der Waals surface area contributed by atoms with E-state index in [0.29, 0.717) is 12.1 Å². The van der Waals surface area contributed by atoms with Gasteiger partial charge in [-0.3, -0.25) is 0 Å². The lowest BCUT2D eigenvalue weighted by Crippen LogP contribution is -2.41. The molecule has 0 aromatic heterocycles. The summed E-state index contributed by atoms with van der Waals surface area (Å²) >= 11 is 0. The smallest absolute Gasteiger partial charge is 0.0294 e. The SMILES string of the molecule is Cc1cccc(C2CC(N[C@@H](C)c3ccccc3)C2)c1. The van der Waals surface area contributed by atoms with Crippen LogP contribution in [0.5, 0.6) is 0 Å². The van der Waals surface area contributed by atoms with Gasteiger partial charge in [-0.25, -0.2) is 0 Å². The number of nitrogens with one attached hydrogen (secondary N) is 1. The minimum Gasteiger partial charge on any atom is -0.307 e. The molecule has 104 valence electrons. The fourth-order valence-electron chi connectivity index (χ4n) is 3.14. The van der Waals surface area contributed by atoms with Crippen molar-refractivity contribution < 1.29 is 0 Å². The molecule has 0 amide bonds. The van der Waals surface area contributed by atoms with Crippen molar-refractivity contribution in [2.75, 3.05) is 0 Å².